The summed E-state index contributed by atoms with van der Waals surface area (Å²) in [5.74, 6) is 0.392. The van der Waals surface area contributed by atoms with E-state index in [2.05, 4.69) is 29.6 Å². The van der Waals surface area contributed by atoms with Crippen molar-refractivity contribution in [1.82, 2.24) is 4.90 Å². The summed E-state index contributed by atoms with van der Waals surface area (Å²) >= 11 is 1.39. The van der Waals surface area contributed by atoms with Crippen LogP contribution in [0.4, 0.5) is 5.69 Å². The molecular formula is C23H22N2O2S. The number of likely N-dealkylation sites (tertiary alicyclic amines) is 1. The van der Waals surface area contributed by atoms with E-state index in [9.17, 15) is 9.59 Å². The molecule has 5 heteroatoms. The highest BCUT2D eigenvalue weighted by atomic mass is 32.1. The lowest BCUT2D eigenvalue weighted by molar-refractivity contribution is 0.0712. The molecule has 0 bridgehead atoms. The second-order valence-corrected chi connectivity index (χ2v) is 7.94. The predicted molar refractivity (Wildman–Crippen MR) is 113 cm³/mol. The van der Waals surface area contributed by atoms with Crippen LogP contribution in [0.3, 0.4) is 0 Å². The van der Waals surface area contributed by atoms with Crippen molar-refractivity contribution in [3.8, 4) is 0 Å². The Kier molecular flexibility index (Phi) is 5.53. The molecule has 0 saturated carbocycles. The molecule has 1 aliphatic heterocycles. The van der Waals surface area contributed by atoms with Gasteiger partial charge >= 0.3 is 0 Å². The van der Waals surface area contributed by atoms with Crippen molar-refractivity contribution in [2.24, 2.45) is 0 Å². The Labute approximate surface area is 168 Å². The molecule has 2 aromatic carbocycles. The molecule has 1 aromatic heterocycles. The van der Waals surface area contributed by atoms with Crippen molar-refractivity contribution in [3.63, 3.8) is 0 Å². The van der Waals surface area contributed by atoms with Gasteiger partial charge < -0.3 is 10.2 Å². The lowest BCUT2D eigenvalue weighted by atomic mass is 9.89. The molecule has 0 atom stereocenters. The molecule has 142 valence electrons. The van der Waals surface area contributed by atoms with Crippen LogP contribution in [0.1, 0.15) is 44.4 Å². The molecule has 2 amide bonds. The number of nitrogens with zero attached hydrogens (tertiary/aromatic N) is 1. The van der Waals surface area contributed by atoms with Crippen LogP contribution in [0.15, 0.2) is 72.1 Å². The normalized spacial score (nSPS) is 14.6. The fourth-order valence-electron chi connectivity index (χ4n) is 3.65. The number of hydrogen-bond acceptors (Lipinski definition) is 3. The average molecular weight is 391 g/mol. The van der Waals surface area contributed by atoms with Crippen LogP contribution in [-0.2, 0) is 0 Å². The summed E-state index contributed by atoms with van der Waals surface area (Å²) in [5.41, 5.74) is 2.61. The van der Waals surface area contributed by atoms with Crippen LogP contribution >= 0.6 is 11.3 Å². The van der Waals surface area contributed by atoms with Gasteiger partial charge in [0.15, 0.2) is 0 Å². The molecule has 28 heavy (non-hydrogen) atoms. The van der Waals surface area contributed by atoms with Crippen LogP contribution in [0.25, 0.3) is 0 Å². The molecule has 1 fully saturated rings. The molecule has 0 radical (unpaired) electrons. The third-order valence-corrected chi connectivity index (χ3v) is 6.03. The zero-order valence-electron chi connectivity index (χ0n) is 15.5. The van der Waals surface area contributed by atoms with E-state index >= 15 is 0 Å². The first kappa shape index (κ1) is 18.4. The summed E-state index contributed by atoms with van der Waals surface area (Å²) in [7, 11) is 0. The topological polar surface area (TPSA) is 49.4 Å². The molecule has 0 spiro atoms. The maximum absolute atomic E-state index is 12.9. The number of amides is 2. The van der Waals surface area contributed by atoms with Crippen molar-refractivity contribution in [2.75, 3.05) is 18.4 Å². The number of anilines is 1. The van der Waals surface area contributed by atoms with Gasteiger partial charge in [0.1, 0.15) is 0 Å². The largest absolute Gasteiger partial charge is 0.339 e. The fraction of sp³-hybridized carbons (Fsp3) is 0.217. The van der Waals surface area contributed by atoms with Crippen molar-refractivity contribution in [1.29, 1.82) is 0 Å². The number of piperidine rings is 1. The highest BCUT2D eigenvalue weighted by molar-refractivity contribution is 7.12. The highest BCUT2D eigenvalue weighted by Gasteiger charge is 2.24. The smallest absolute Gasteiger partial charge is 0.265 e. The van der Waals surface area contributed by atoms with Crippen molar-refractivity contribution < 1.29 is 9.59 Å². The van der Waals surface area contributed by atoms with Gasteiger partial charge in [-0.3, -0.25) is 9.59 Å². The standard InChI is InChI=1S/C23H22N2O2S/c26-22(21-10-5-15-28-21)24-20-9-4-8-19(16-20)23(27)25-13-11-18(12-14-25)17-6-2-1-3-7-17/h1-10,15-16,18H,11-14H2,(H,24,26). The van der Waals surface area contributed by atoms with Gasteiger partial charge in [-0.2, -0.15) is 0 Å². The summed E-state index contributed by atoms with van der Waals surface area (Å²) in [4.78, 5) is 27.7. The molecule has 0 aliphatic carbocycles. The van der Waals surface area contributed by atoms with E-state index in [-0.39, 0.29) is 11.8 Å². The second kappa shape index (κ2) is 8.40. The molecule has 4 rings (SSSR count). The third kappa shape index (κ3) is 4.15. The van der Waals surface area contributed by atoms with Gasteiger partial charge in [0.05, 0.1) is 4.88 Å². The van der Waals surface area contributed by atoms with Gasteiger partial charge in [0.25, 0.3) is 11.8 Å². The minimum absolute atomic E-state index is 0.0266. The van der Waals surface area contributed by atoms with E-state index < -0.39 is 0 Å². The Hall–Kier alpha value is -2.92. The van der Waals surface area contributed by atoms with Crippen molar-refractivity contribution in [3.05, 3.63) is 88.1 Å². The zero-order chi connectivity index (χ0) is 19.3. The van der Waals surface area contributed by atoms with E-state index in [1.165, 1.54) is 16.9 Å². The predicted octanol–water partition coefficient (Wildman–Crippen LogP) is 5.02. The van der Waals surface area contributed by atoms with Crippen LogP contribution in [0, 0.1) is 0 Å². The lowest BCUT2D eigenvalue weighted by Crippen LogP contribution is -2.37. The maximum atomic E-state index is 12.9. The molecule has 1 N–H and O–H groups in total. The van der Waals surface area contributed by atoms with Crippen molar-refractivity contribution in [2.45, 2.75) is 18.8 Å². The Morgan fingerprint density at radius 3 is 2.43 bits per heavy atom. The van der Waals surface area contributed by atoms with Gasteiger partial charge in [-0.1, -0.05) is 42.5 Å². The Morgan fingerprint density at radius 1 is 0.929 bits per heavy atom. The third-order valence-electron chi connectivity index (χ3n) is 5.17. The zero-order valence-corrected chi connectivity index (χ0v) is 16.3. The van der Waals surface area contributed by atoms with Crippen LogP contribution < -0.4 is 5.32 Å². The number of benzene rings is 2. The first-order chi connectivity index (χ1) is 13.7. The SMILES string of the molecule is O=C(Nc1cccc(C(=O)N2CCC(c3ccccc3)CC2)c1)c1cccs1. The Balaban J connectivity index is 1.39. The number of carbonyl (C=O) groups excluding carboxylic acids is 2. The van der Waals surface area contributed by atoms with E-state index in [1.807, 2.05) is 40.6 Å². The van der Waals surface area contributed by atoms with Crippen molar-refractivity contribution >= 4 is 28.8 Å². The average Bonchev–Trinajstić information content (AvgIpc) is 3.29. The molecule has 1 aliphatic rings. The van der Waals surface area contributed by atoms with Crippen LogP contribution in [-0.4, -0.2) is 29.8 Å². The van der Waals surface area contributed by atoms with E-state index in [4.69, 9.17) is 0 Å². The molecule has 2 heterocycles. The number of rotatable bonds is 4. The minimum atomic E-state index is -0.150. The van der Waals surface area contributed by atoms with Crippen LogP contribution in [0.5, 0.6) is 0 Å². The summed E-state index contributed by atoms with van der Waals surface area (Å²) in [5, 5.41) is 4.74. The summed E-state index contributed by atoms with van der Waals surface area (Å²) in [6.45, 7) is 1.51. The van der Waals surface area contributed by atoms with E-state index in [0.29, 0.717) is 22.0 Å². The molecule has 1 saturated heterocycles. The summed E-state index contributed by atoms with van der Waals surface area (Å²) in [6.07, 6.45) is 1.95. The summed E-state index contributed by atoms with van der Waals surface area (Å²) in [6, 6.07) is 21.3. The Morgan fingerprint density at radius 2 is 1.71 bits per heavy atom. The molecule has 3 aromatic rings. The van der Waals surface area contributed by atoms with Crippen LogP contribution in [0.2, 0.25) is 0 Å². The fourth-order valence-corrected chi connectivity index (χ4v) is 4.27. The highest BCUT2D eigenvalue weighted by Crippen LogP contribution is 2.28. The van der Waals surface area contributed by atoms with E-state index in [1.54, 1.807) is 12.1 Å². The Bertz CT molecular complexity index is 946. The maximum Gasteiger partial charge on any atom is 0.265 e. The van der Waals surface area contributed by atoms with Gasteiger partial charge in [0, 0.05) is 24.3 Å². The van der Waals surface area contributed by atoms with Gasteiger partial charge in [-0.05, 0) is 54.0 Å². The first-order valence-corrected chi connectivity index (χ1v) is 10.4. The molecular weight excluding hydrogens is 368 g/mol. The lowest BCUT2D eigenvalue weighted by Gasteiger charge is -2.32. The van der Waals surface area contributed by atoms with Gasteiger partial charge in [0.2, 0.25) is 0 Å². The summed E-state index contributed by atoms with van der Waals surface area (Å²) < 4.78 is 0. The minimum Gasteiger partial charge on any atom is -0.339 e. The molecule has 4 nitrogen and oxygen atoms in total. The van der Waals surface area contributed by atoms with E-state index in [0.717, 1.165) is 25.9 Å². The number of carbonyl (C=O) groups is 2. The first-order valence-electron chi connectivity index (χ1n) is 9.50. The van der Waals surface area contributed by atoms with Gasteiger partial charge in [-0.15, -0.1) is 11.3 Å². The quantitative estimate of drug-likeness (QED) is 0.680. The number of hydrogen-bond donors (Lipinski definition) is 1. The number of thiophene rings is 1. The monoisotopic (exact) mass is 390 g/mol. The number of nitrogens with one attached hydrogen (secondary N) is 1. The van der Waals surface area contributed by atoms with Gasteiger partial charge in [-0.25, -0.2) is 0 Å². The second-order valence-electron chi connectivity index (χ2n) is 6.99. The molecule has 0 unspecified atom stereocenters.